The molecule has 3 N–H and O–H groups in total. The van der Waals surface area contributed by atoms with Crippen LogP contribution < -0.4 is 5.32 Å². The Morgan fingerprint density at radius 2 is 1.82 bits per heavy atom. The summed E-state index contributed by atoms with van der Waals surface area (Å²) >= 11 is 0. The molecule has 0 amide bonds. The number of hydrogen-bond donors (Lipinski definition) is 3. The zero-order valence-corrected chi connectivity index (χ0v) is 15.4. The number of H-pyrrole nitrogens is 1. The van der Waals surface area contributed by atoms with Gasteiger partial charge in [0.25, 0.3) is 0 Å². The van der Waals surface area contributed by atoms with Crippen molar-refractivity contribution in [3.05, 3.63) is 65.8 Å². The van der Waals surface area contributed by atoms with Gasteiger partial charge in [0.05, 0.1) is 11.4 Å². The Labute approximate surface area is 163 Å². The van der Waals surface area contributed by atoms with Gasteiger partial charge in [0.15, 0.2) is 0 Å². The molecule has 6 nitrogen and oxygen atoms in total. The molecule has 0 radical (unpaired) electrons. The summed E-state index contributed by atoms with van der Waals surface area (Å²) in [5.41, 5.74) is 6.66. The fourth-order valence-electron chi connectivity index (χ4n) is 4.04. The summed E-state index contributed by atoms with van der Waals surface area (Å²) in [4.78, 5) is 12.8. The van der Waals surface area contributed by atoms with Gasteiger partial charge in [-0.1, -0.05) is 23.4 Å². The summed E-state index contributed by atoms with van der Waals surface area (Å²) in [5, 5.41) is 15.9. The number of pyridine rings is 1. The minimum absolute atomic E-state index is 0.443. The van der Waals surface area contributed by atoms with Crippen molar-refractivity contribution >= 4 is 11.8 Å². The molecule has 6 heteroatoms. The molecular weight excluding hydrogens is 350 g/mol. The lowest BCUT2D eigenvalue weighted by molar-refractivity contribution is 0.320. The number of oxime groups is 1. The molecular formula is C22H21N5O. The number of hydrogen-bond acceptors (Lipinski definition) is 5. The molecule has 0 atom stereocenters. The lowest BCUT2D eigenvalue weighted by Gasteiger charge is -2.20. The number of nitrogens with zero attached hydrogens (tertiary/aromatic N) is 3. The number of nitrogens with one attached hydrogen (secondary N) is 2. The molecule has 5 rings (SSSR count). The standard InChI is InChI=1S/C22H21N5O/c28-27-19-4-2-16-13-17(1-3-18(16)19)21-20(14-5-9-23-10-6-14)25-22(26-21)15-7-11-24-12-8-15/h1-6,9-10,13,15,24,28H,7-8,11-12H2,(H,25,26). The van der Waals surface area contributed by atoms with Crippen molar-refractivity contribution in [3.63, 3.8) is 0 Å². The maximum absolute atomic E-state index is 9.15. The fourth-order valence-corrected chi connectivity index (χ4v) is 4.04. The van der Waals surface area contributed by atoms with Gasteiger partial charge in [-0.2, -0.15) is 0 Å². The first-order valence-electron chi connectivity index (χ1n) is 9.59. The summed E-state index contributed by atoms with van der Waals surface area (Å²) in [6, 6.07) is 10.2. The molecule has 1 fully saturated rings. The quantitative estimate of drug-likeness (QED) is 0.483. The van der Waals surface area contributed by atoms with E-state index < -0.39 is 0 Å². The first-order chi connectivity index (χ1) is 13.8. The van der Waals surface area contributed by atoms with Crippen LogP contribution in [0.5, 0.6) is 0 Å². The van der Waals surface area contributed by atoms with Crippen LogP contribution in [0.4, 0.5) is 0 Å². The van der Waals surface area contributed by atoms with Crippen molar-refractivity contribution in [1.82, 2.24) is 20.3 Å². The maximum Gasteiger partial charge on any atom is 0.110 e. The zero-order valence-electron chi connectivity index (χ0n) is 15.4. The Bertz CT molecular complexity index is 1060. The number of aromatic amines is 1. The molecule has 0 bridgehead atoms. The predicted octanol–water partition coefficient (Wildman–Crippen LogP) is 3.81. The summed E-state index contributed by atoms with van der Waals surface area (Å²) < 4.78 is 0. The van der Waals surface area contributed by atoms with E-state index in [-0.39, 0.29) is 0 Å². The van der Waals surface area contributed by atoms with Crippen molar-refractivity contribution in [3.8, 4) is 22.5 Å². The number of imidazole rings is 1. The van der Waals surface area contributed by atoms with Crippen LogP contribution in [0.2, 0.25) is 0 Å². The third-order valence-electron chi connectivity index (χ3n) is 5.55. The monoisotopic (exact) mass is 371 g/mol. The largest absolute Gasteiger partial charge is 0.410 e. The predicted molar refractivity (Wildman–Crippen MR) is 109 cm³/mol. The number of piperidine rings is 1. The average molecular weight is 371 g/mol. The maximum atomic E-state index is 9.15. The van der Waals surface area contributed by atoms with Crippen molar-refractivity contribution in [2.45, 2.75) is 18.8 Å². The molecule has 1 saturated heterocycles. The van der Waals surface area contributed by atoms with Crippen LogP contribution in [-0.2, 0) is 0 Å². The first kappa shape index (κ1) is 16.9. The Kier molecular flexibility index (Phi) is 4.25. The van der Waals surface area contributed by atoms with Crippen LogP contribution in [0.25, 0.3) is 28.6 Å². The Hall–Kier alpha value is -3.25. The van der Waals surface area contributed by atoms with Gasteiger partial charge in [0.1, 0.15) is 11.5 Å². The minimum atomic E-state index is 0.443. The smallest absolute Gasteiger partial charge is 0.110 e. The van der Waals surface area contributed by atoms with E-state index in [1.807, 2.05) is 36.4 Å². The van der Waals surface area contributed by atoms with Gasteiger partial charge in [-0.15, -0.1) is 0 Å². The molecule has 2 aliphatic rings. The van der Waals surface area contributed by atoms with Crippen LogP contribution in [0.3, 0.4) is 0 Å². The normalized spacial score (nSPS) is 17.9. The second kappa shape index (κ2) is 7.05. The Morgan fingerprint density at radius 3 is 2.61 bits per heavy atom. The number of aromatic nitrogens is 3. The molecule has 1 aromatic carbocycles. The Morgan fingerprint density at radius 1 is 1.00 bits per heavy atom. The summed E-state index contributed by atoms with van der Waals surface area (Å²) in [5.74, 6) is 1.50. The molecule has 0 saturated carbocycles. The van der Waals surface area contributed by atoms with E-state index in [9.17, 15) is 0 Å². The number of fused-ring (bicyclic) bond motifs is 1. The summed E-state index contributed by atoms with van der Waals surface area (Å²) in [6.45, 7) is 2.05. The van der Waals surface area contributed by atoms with E-state index >= 15 is 0 Å². The van der Waals surface area contributed by atoms with Crippen molar-refractivity contribution in [2.24, 2.45) is 5.16 Å². The fraction of sp³-hybridized carbons (Fsp3) is 0.227. The highest BCUT2D eigenvalue weighted by Gasteiger charge is 2.23. The molecule has 1 aliphatic heterocycles. The van der Waals surface area contributed by atoms with E-state index in [1.54, 1.807) is 12.4 Å². The van der Waals surface area contributed by atoms with Crippen LogP contribution in [0.1, 0.15) is 35.7 Å². The first-order valence-corrected chi connectivity index (χ1v) is 9.59. The average Bonchev–Trinajstić information content (AvgIpc) is 3.39. The van der Waals surface area contributed by atoms with Gasteiger partial charge in [-0.3, -0.25) is 4.98 Å². The van der Waals surface area contributed by atoms with Gasteiger partial charge < -0.3 is 15.5 Å². The highest BCUT2D eigenvalue weighted by molar-refractivity contribution is 6.17. The number of rotatable bonds is 3. The molecule has 1 aliphatic carbocycles. The number of benzene rings is 1. The van der Waals surface area contributed by atoms with Gasteiger partial charge in [0, 0.05) is 35.0 Å². The SMILES string of the molecule is ON=C1C=Cc2cc(-c3nc(C4CCNCC4)[nH]c3-c3ccncc3)ccc21. The Balaban J connectivity index is 1.62. The molecule has 0 spiro atoms. The van der Waals surface area contributed by atoms with Crippen LogP contribution in [0, 0.1) is 0 Å². The molecule has 3 heterocycles. The topological polar surface area (TPSA) is 86.2 Å². The van der Waals surface area contributed by atoms with Crippen molar-refractivity contribution in [1.29, 1.82) is 0 Å². The summed E-state index contributed by atoms with van der Waals surface area (Å²) in [7, 11) is 0. The lowest BCUT2D eigenvalue weighted by Crippen LogP contribution is -2.27. The summed E-state index contributed by atoms with van der Waals surface area (Å²) in [6.07, 6.45) is 9.58. The molecule has 2 aromatic heterocycles. The van der Waals surface area contributed by atoms with Gasteiger partial charge in [0.2, 0.25) is 0 Å². The second-order valence-corrected chi connectivity index (χ2v) is 7.23. The minimum Gasteiger partial charge on any atom is -0.410 e. The van der Waals surface area contributed by atoms with E-state index in [1.165, 1.54) is 0 Å². The van der Waals surface area contributed by atoms with E-state index in [2.05, 4.69) is 26.5 Å². The second-order valence-electron chi connectivity index (χ2n) is 7.23. The van der Waals surface area contributed by atoms with Gasteiger partial charge >= 0.3 is 0 Å². The van der Waals surface area contributed by atoms with Crippen molar-refractivity contribution < 1.29 is 5.21 Å². The molecule has 0 unspecified atom stereocenters. The van der Waals surface area contributed by atoms with Crippen LogP contribution in [0.15, 0.2) is 54.0 Å². The van der Waals surface area contributed by atoms with Crippen LogP contribution in [-0.4, -0.2) is 39.0 Å². The number of allylic oxidation sites excluding steroid dienone is 1. The highest BCUT2D eigenvalue weighted by atomic mass is 16.4. The molecule has 140 valence electrons. The van der Waals surface area contributed by atoms with E-state index in [0.29, 0.717) is 11.6 Å². The third kappa shape index (κ3) is 2.92. The van der Waals surface area contributed by atoms with E-state index in [0.717, 1.165) is 65.4 Å². The highest BCUT2D eigenvalue weighted by Crippen LogP contribution is 2.35. The van der Waals surface area contributed by atoms with Crippen LogP contribution >= 0.6 is 0 Å². The zero-order chi connectivity index (χ0) is 18.9. The lowest BCUT2D eigenvalue weighted by atomic mass is 9.97. The van der Waals surface area contributed by atoms with Crippen molar-refractivity contribution in [2.75, 3.05) is 13.1 Å². The van der Waals surface area contributed by atoms with E-state index in [4.69, 9.17) is 10.2 Å². The van der Waals surface area contributed by atoms with Gasteiger partial charge in [-0.05, 0) is 55.8 Å². The van der Waals surface area contributed by atoms with Gasteiger partial charge in [-0.25, -0.2) is 4.98 Å². The molecule has 3 aromatic rings. The molecule has 28 heavy (non-hydrogen) atoms. The third-order valence-corrected chi connectivity index (χ3v) is 5.55.